The van der Waals surface area contributed by atoms with Gasteiger partial charge in [0.1, 0.15) is 5.69 Å². The number of aromatic nitrogens is 2. The second-order valence-corrected chi connectivity index (χ2v) is 6.11. The first-order valence-corrected chi connectivity index (χ1v) is 8.64. The monoisotopic (exact) mass is 350 g/mol. The number of nitrogens with zero attached hydrogens (tertiary/aromatic N) is 2. The summed E-state index contributed by atoms with van der Waals surface area (Å²) in [5, 5.41) is 10.7. The first-order chi connectivity index (χ1) is 12.6. The van der Waals surface area contributed by atoms with Crippen LogP contribution in [0.5, 0.6) is 0 Å². The van der Waals surface area contributed by atoms with E-state index < -0.39 is 0 Å². The normalized spacial score (nSPS) is 11.9. The van der Waals surface area contributed by atoms with Gasteiger partial charge in [-0.3, -0.25) is 14.3 Å². The third-order valence-corrected chi connectivity index (χ3v) is 4.31. The molecule has 0 aliphatic heterocycles. The van der Waals surface area contributed by atoms with E-state index in [9.17, 15) is 9.59 Å². The van der Waals surface area contributed by atoms with Crippen molar-refractivity contribution in [3.05, 3.63) is 65.9 Å². The predicted octanol–water partition coefficient (Wildman–Crippen LogP) is 2.57. The van der Waals surface area contributed by atoms with Gasteiger partial charge in [0, 0.05) is 12.4 Å². The maximum Gasteiger partial charge on any atom is 0.270 e. The van der Waals surface area contributed by atoms with Gasteiger partial charge in [-0.25, -0.2) is 0 Å². The standard InChI is InChI=1S/C20H22N4O2/c1-3-16(14-9-5-4-6-10-14)22-18(25)13-21-20(26)19-15-11-7-8-12-17(15)23-24(19)2/h4-12,16H,3,13H2,1-2H3,(H,21,26)(H,22,25). The molecule has 6 nitrogen and oxygen atoms in total. The van der Waals surface area contributed by atoms with Gasteiger partial charge in [0.05, 0.1) is 18.1 Å². The molecule has 3 rings (SSSR count). The van der Waals surface area contributed by atoms with Crippen LogP contribution in [0, 0.1) is 0 Å². The Hall–Kier alpha value is -3.15. The molecule has 6 heteroatoms. The van der Waals surface area contributed by atoms with Crippen LogP contribution in [0.15, 0.2) is 54.6 Å². The maximum absolute atomic E-state index is 12.5. The van der Waals surface area contributed by atoms with Crippen molar-refractivity contribution in [3.63, 3.8) is 0 Å². The Morgan fingerprint density at radius 3 is 2.50 bits per heavy atom. The molecule has 0 aliphatic rings. The zero-order chi connectivity index (χ0) is 18.5. The van der Waals surface area contributed by atoms with Crippen LogP contribution in [-0.2, 0) is 11.8 Å². The summed E-state index contributed by atoms with van der Waals surface area (Å²) in [5.74, 6) is -0.537. The quantitative estimate of drug-likeness (QED) is 0.717. The van der Waals surface area contributed by atoms with E-state index in [1.165, 1.54) is 4.68 Å². The van der Waals surface area contributed by atoms with Gasteiger partial charge >= 0.3 is 0 Å². The topological polar surface area (TPSA) is 76.0 Å². The van der Waals surface area contributed by atoms with Crippen molar-refractivity contribution >= 4 is 22.7 Å². The van der Waals surface area contributed by atoms with E-state index in [0.717, 1.165) is 22.9 Å². The van der Waals surface area contributed by atoms with Crippen LogP contribution in [0.2, 0.25) is 0 Å². The summed E-state index contributed by atoms with van der Waals surface area (Å²) in [4.78, 5) is 24.8. The Kier molecular flexibility index (Phi) is 5.31. The molecule has 3 aromatic rings. The highest BCUT2D eigenvalue weighted by molar-refractivity contribution is 6.05. The Morgan fingerprint density at radius 2 is 1.77 bits per heavy atom. The highest BCUT2D eigenvalue weighted by Gasteiger charge is 2.18. The largest absolute Gasteiger partial charge is 0.348 e. The van der Waals surface area contributed by atoms with Crippen molar-refractivity contribution in [1.29, 1.82) is 0 Å². The molecule has 1 heterocycles. The minimum atomic E-state index is -0.316. The van der Waals surface area contributed by atoms with E-state index in [1.54, 1.807) is 7.05 Å². The number of benzene rings is 2. The van der Waals surface area contributed by atoms with Crippen molar-refractivity contribution < 1.29 is 9.59 Å². The second-order valence-electron chi connectivity index (χ2n) is 6.11. The Bertz CT molecular complexity index is 918. The van der Waals surface area contributed by atoms with Gasteiger partial charge < -0.3 is 10.6 Å². The number of hydrogen-bond acceptors (Lipinski definition) is 3. The van der Waals surface area contributed by atoms with Gasteiger partial charge in [-0.1, -0.05) is 55.5 Å². The summed E-state index contributed by atoms with van der Waals surface area (Å²) in [6.45, 7) is 1.93. The molecule has 26 heavy (non-hydrogen) atoms. The molecule has 134 valence electrons. The molecular weight excluding hydrogens is 328 g/mol. The van der Waals surface area contributed by atoms with Crippen LogP contribution in [-0.4, -0.2) is 28.1 Å². The van der Waals surface area contributed by atoms with Gasteiger partial charge in [-0.15, -0.1) is 0 Å². The van der Waals surface area contributed by atoms with E-state index in [4.69, 9.17) is 0 Å². The zero-order valence-corrected chi connectivity index (χ0v) is 14.9. The van der Waals surface area contributed by atoms with Gasteiger partial charge in [-0.05, 0) is 18.1 Å². The molecule has 1 atom stereocenters. The second kappa shape index (κ2) is 7.82. The lowest BCUT2D eigenvalue weighted by Crippen LogP contribution is -2.39. The molecule has 0 radical (unpaired) electrons. The third kappa shape index (κ3) is 3.74. The Balaban J connectivity index is 1.63. The number of rotatable bonds is 6. The van der Waals surface area contributed by atoms with Crippen molar-refractivity contribution in [2.45, 2.75) is 19.4 Å². The zero-order valence-electron chi connectivity index (χ0n) is 14.9. The van der Waals surface area contributed by atoms with Crippen LogP contribution >= 0.6 is 0 Å². The number of carbonyl (C=O) groups is 2. The SMILES string of the molecule is CCC(NC(=O)CNC(=O)c1c2ccccc2nn1C)c1ccccc1. The molecule has 1 aromatic heterocycles. The Labute approximate surface area is 152 Å². The molecule has 0 saturated heterocycles. The minimum absolute atomic E-state index is 0.0712. The molecule has 0 bridgehead atoms. The summed E-state index contributed by atoms with van der Waals surface area (Å²) in [6, 6.07) is 17.2. The van der Waals surface area contributed by atoms with E-state index >= 15 is 0 Å². The van der Waals surface area contributed by atoms with Crippen molar-refractivity contribution in [3.8, 4) is 0 Å². The molecule has 0 fully saturated rings. The van der Waals surface area contributed by atoms with Crippen LogP contribution < -0.4 is 10.6 Å². The number of hydrogen-bond donors (Lipinski definition) is 2. The van der Waals surface area contributed by atoms with E-state index in [1.807, 2.05) is 61.5 Å². The van der Waals surface area contributed by atoms with Crippen molar-refractivity contribution in [1.82, 2.24) is 20.4 Å². The summed E-state index contributed by atoms with van der Waals surface area (Å²) in [5.41, 5.74) is 2.25. The number of carbonyl (C=O) groups excluding carboxylic acids is 2. The van der Waals surface area contributed by atoms with Crippen molar-refractivity contribution in [2.75, 3.05) is 6.54 Å². The summed E-state index contributed by atoms with van der Waals surface area (Å²) in [7, 11) is 1.72. The molecule has 2 aromatic carbocycles. The van der Waals surface area contributed by atoms with Gasteiger partial charge in [0.2, 0.25) is 5.91 Å². The molecule has 0 aliphatic carbocycles. The van der Waals surface area contributed by atoms with Gasteiger partial charge in [0.25, 0.3) is 5.91 Å². The average Bonchev–Trinajstić information content (AvgIpc) is 3.00. The fourth-order valence-corrected chi connectivity index (χ4v) is 3.01. The highest BCUT2D eigenvalue weighted by Crippen LogP contribution is 2.17. The molecule has 2 N–H and O–H groups in total. The van der Waals surface area contributed by atoms with Crippen molar-refractivity contribution in [2.24, 2.45) is 7.05 Å². The van der Waals surface area contributed by atoms with Crippen LogP contribution in [0.4, 0.5) is 0 Å². The maximum atomic E-state index is 12.5. The lowest BCUT2D eigenvalue weighted by molar-refractivity contribution is -0.120. The lowest BCUT2D eigenvalue weighted by atomic mass is 10.0. The molecule has 0 spiro atoms. The lowest BCUT2D eigenvalue weighted by Gasteiger charge is -2.17. The molecule has 0 saturated carbocycles. The summed E-state index contributed by atoms with van der Waals surface area (Å²) in [6.07, 6.45) is 0.774. The molecule has 1 unspecified atom stereocenters. The number of nitrogens with one attached hydrogen (secondary N) is 2. The van der Waals surface area contributed by atoms with Gasteiger partial charge in [-0.2, -0.15) is 5.10 Å². The van der Waals surface area contributed by atoms with E-state index in [2.05, 4.69) is 15.7 Å². The van der Waals surface area contributed by atoms with Crippen LogP contribution in [0.1, 0.15) is 35.4 Å². The molecule has 2 amide bonds. The predicted molar refractivity (Wildman–Crippen MR) is 101 cm³/mol. The van der Waals surface area contributed by atoms with Gasteiger partial charge in [0.15, 0.2) is 0 Å². The first-order valence-electron chi connectivity index (χ1n) is 8.64. The minimum Gasteiger partial charge on any atom is -0.348 e. The number of amides is 2. The van der Waals surface area contributed by atoms with E-state index in [0.29, 0.717) is 5.69 Å². The Morgan fingerprint density at radius 1 is 1.08 bits per heavy atom. The number of aryl methyl sites for hydroxylation is 1. The fourth-order valence-electron chi connectivity index (χ4n) is 3.01. The molecular formula is C20H22N4O2. The summed E-state index contributed by atoms with van der Waals surface area (Å²) >= 11 is 0. The van der Waals surface area contributed by atoms with Crippen LogP contribution in [0.25, 0.3) is 10.9 Å². The number of fused-ring (bicyclic) bond motifs is 1. The smallest absolute Gasteiger partial charge is 0.270 e. The average molecular weight is 350 g/mol. The fraction of sp³-hybridized carbons (Fsp3) is 0.250. The third-order valence-electron chi connectivity index (χ3n) is 4.31. The highest BCUT2D eigenvalue weighted by atomic mass is 16.2. The summed E-state index contributed by atoms with van der Waals surface area (Å²) < 4.78 is 1.54. The first kappa shape index (κ1) is 17.7. The van der Waals surface area contributed by atoms with Crippen LogP contribution in [0.3, 0.4) is 0 Å². The van der Waals surface area contributed by atoms with E-state index in [-0.39, 0.29) is 24.4 Å².